The molecule has 0 bridgehead atoms. The molecule has 0 radical (unpaired) electrons. The highest BCUT2D eigenvalue weighted by atomic mass is 32.2. The van der Waals surface area contributed by atoms with Gasteiger partial charge >= 0.3 is 5.97 Å². The standard InChI is InChI=1S/C20H14N2O3S2/c23-18-16(10-13-11-21-15-9-5-4-8-14(13)15)27-20(26)22(18)17(19(24)25)12-6-2-1-3-7-12/h1-11,17,21H,(H,24,25). The Morgan fingerprint density at radius 3 is 2.59 bits per heavy atom. The molecule has 1 amide bonds. The molecule has 0 saturated carbocycles. The number of aliphatic carboxylic acids is 1. The third-order valence-electron chi connectivity index (χ3n) is 4.34. The van der Waals surface area contributed by atoms with Crippen molar-refractivity contribution in [1.29, 1.82) is 0 Å². The lowest BCUT2D eigenvalue weighted by atomic mass is 10.1. The van der Waals surface area contributed by atoms with Crippen molar-refractivity contribution >= 4 is 57.2 Å². The molecule has 2 N–H and O–H groups in total. The first-order valence-electron chi connectivity index (χ1n) is 8.17. The van der Waals surface area contributed by atoms with E-state index in [0.717, 1.165) is 28.2 Å². The van der Waals surface area contributed by atoms with Crippen LogP contribution < -0.4 is 0 Å². The number of hydrogen-bond acceptors (Lipinski definition) is 4. The van der Waals surface area contributed by atoms with E-state index in [9.17, 15) is 14.7 Å². The lowest BCUT2D eigenvalue weighted by Gasteiger charge is -2.23. The lowest BCUT2D eigenvalue weighted by molar-refractivity contribution is -0.145. The Morgan fingerprint density at radius 2 is 1.85 bits per heavy atom. The van der Waals surface area contributed by atoms with E-state index in [2.05, 4.69) is 4.98 Å². The molecule has 7 heteroatoms. The fraction of sp³-hybridized carbons (Fsp3) is 0.0500. The van der Waals surface area contributed by atoms with Crippen molar-refractivity contribution in [3.8, 4) is 0 Å². The molecule has 1 fully saturated rings. The molecular formula is C20H14N2O3S2. The Labute approximate surface area is 164 Å². The summed E-state index contributed by atoms with van der Waals surface area (Å²) in [5, 5.41) is 10.7. The number of aromatic amines is 1. The highest BCUT2D eigenvalue weighted by molar-refractivity contribution is 8.26. The quantitative estimate of drug-likeness (QED) is 0.513. The van der Waals surface area contributed by atoms with E-state index in [1.165, 1.54) is 4.90 Å². The Kier molecular flexibility index (Phi) is 4.55. The van der Waals surface area contributed by atoms with E-state index in [-0.39, 0.29) is 4.32 Å². The van der Waals surface area contributed by atoms with Crippen LogP contribution in [-0.4, -0.2) is 31.2 Å². The average molecular weight is 394 g/mol. The summed E-state index contributed by atoms with van der Waals surface area (Å²) in [7, 11) is 0. The van der Waals surface area contributed by atoms with Crippen LogP contribution in [0.3, 0.4) is 0 Å². The van der Waals surface area contributed by atoms with Gasteiger partial charge in [0, 0.05) is 22.7 Å². The fourth-order valence-corrected chi connectivity index (χ4v) is 4.40. The summed E-state index contributed by atoms with van der Waals surface area (Å²) in [6.45, 7) is 0. The molecule has 0 aliphatic carbocycles. The van der Waals surface area contributed by atoms with Crippen LogP contribution in [0.5, 0.6) is 0 Å². The van der Waals surface area contributed by atoms with Gasteiger partial charge in [0.15, 0.2) is 6.04 Å². The normalized spacial score (nSPS) is 17.0. The topological polar surface area (TPSA) is 73.4 Å². The number of carboxylic acids is 1. The molecule has 1 aliphatic rings. The minimum atomic E-state index is -1.15. The first-order chi connectivity index (χ1) is 13.1. The third-order valence-corrected chi connectivity index (χ3v) is 5.67. The zero-order valence-electron chi connectivity index (χ0n) is 14.0. The number of para-hydroxylation sites is 1. The van der Waals surface area contributed by atoms with Gasteiger partial charge in [0.05, 0.1) is 4.91 Å². The van der Waals surface area contributed by atoms with Crippen LogP contribution in [0, 0.1) is 0 Å². The maximum atomic E-state index is 13.0. The van der Waals surface area contributed by atoms with Crippen LogP contribution >= 0.6 is 24.0 Å². The van der Waals surface area contributed by atoms with Crippen molar-refractivity contribution in [2.24, 2.45) is 0 Å². The number of fused-ring (bicyclic) bond motifs is 1. The van der Waals surface area contributed by atoms with Crippen LogP contribution in [0.4, 0.5) is 0 Å². The summed E-state index contributed by atoms with van der Waals surface area (Å²) in [5.74, 6) is -1.52. The SMILES string of the molecule is O=C(O)C(c1ccccc1)N1C(=O)C(=Cc2c[nH]c3ccccc23)SC1=S. The number of carboxylic acid groups (broad SMARTS) is 1. The van der Waals surface area contributed by atoms with E-state index >= 15 is 0 Å². The monoisotopic (exact) mass is 394 g/mol. The van der Waals surface area contributed by atoms with E-state index in [0.29, 0.717) is 10.5 Å². The van der Waals surface area contributed by atoms with Crippen molar-refractivity contribution in [3.63, 3.8) is 0 Å². The van der Waals surface area contributed by atoms with Crippen molar-refractivity contribution in [2.45, 2.75) is 6.04 Å². The van der Waals surface area contributed by atoms with Gasteiger partial charge < -0.3 is 10.1 Å². The third kappa shape index (κ3) is 3.15. The van der Waals surface area contributed by atoms with Crippen molar-refractivity contribution in [3.05, 3.63) is 76.8 Å². The Balaban J connectivity index is 1.72. The number of hydrogen-bond donors (Lipinski definition) is 2. The van der Waals surface area contributed by atoms with Gasteiger partial charge in [-0.3, -0.25) is 9.69 Å². The van der Waals surface area contributed by atoms with E-state index in [4.69, 9.17) is 12.2 Å². The smallest absolute Gasteiger partial charge is 0.331 e. The van der Waals surface area contributed by atoms with Gasteiger partial charge in [0.2, 0.25) is 0 Å². The molecule has 1 atom stereocenters. The molecule has 1 aromatic heterocycles. The van der Waals surface area contributed by atoms with Crippen molar-refractivity contribution in [2.75, 3.05) is 0 Å². The number of nitrogens with zero attached hydrogens (tertiary/aromatic N) is 1. The molecule has 0 spiro atoms. The second-order valence-electron chi connectivity index (χ2n) is 5.99. The average Bonchev–Trinajstić information content (AvgIpc) is 3.19. The molecule has 3 aromatic rings. The van der Waals surface area contributed by atoms with Crippen LogP contribution in [-0.2, 0) is 9.59 Å². The lowest BCUT2D eigenvalue weighted by Crippen LogP contribution is -2.37. The summed E-state index contributed by atoms with van der Waals surface area (Å²) in [5.41, 5.74) is 2.33. The summed E-state index contributed by atoms with van der Waals surface area (Å²) < 4.78 is 0.238. The van der Waals surface area contributed by atoms with Gasteiger partial charge in [0.25, 0.3) is 5.91 Å². The second-order valence-corrected chi connectivity index (χ2v) is 7.67. The maximum absolute atomic E-state index is 13.0. The van der Waals surface area contributed by atoms with Crippen LogP contribution in [0.15, 0.2) is 65.7 Å². The molecule has 4 rings (SSSR count). The molecular weight excluding hydrogens is 380 g/mol. The molecule has 1 saturated heterocycles. The van der Waals surface area contributed by atoms with Crippen LogP contribution in [0.2, 0.25) is 0 Å². The number of thioether (sulfide) groups is 1. The number of benzene rings is 2. The molecule has 2 aromatic carbocycles. The van der Waals surface area contributed by atoms with Gasteiger partial charge in [-0.1, -0.05) is 72.5 Å². The molecule has 5 nitrogen and oxygen atoms in total. The maximum Gasteiger partial charge on any atom is 0.331 e. The van der Waals surface area contributed by atoms with Gasteiger partial charge in [0.1, 0.15) is 4.32 Å². The largest absolute Gasteiger partial charge is 0.479 e. The summed E-state index contributed by atoms with van der Waals surface area (Å²) in [6.07, 6.45) is 3.57. The molecule has 1 aliphatic heterocycles. The summed E-state index contributed by atoms with van der Waals surface area (Å²) >= 11 is 6.46. The first-order valence-corrected chi connectivity index (χ1v) is 9.39. The molecule has 1 unspecified atom stereocenters. The van der Waals surface area contributed by atoms with Gasteiger partial charge in [-0.15, -0.1) is 0 Å². The second kappa shape index (κ2) is 7.02. The van der Waals surface area contributed by atoms with E-state index in [1.54, 1.807) is 36.4 Å². The zero-order chi connectivity index (χ0) is 19.0. The number of nitrogens with one attached hydrogen (secondary N) is 1. The van der Waals surface area contributed by atoms with Crippen LogP contribution in [0.1, 0.15) is 17.2 Å². The van der Waals surface area contributed by atoms with Gasteiger partial charge in [-0.05, 0) is 17.7 Å². The molecule has 27 heavy (non-hydrogen) atoms. The predicted octanol–water partition coefficient (Wildman–Crippen LogP) is 4.20. The predicted molar refractivity (Wildman–Crippen MR) is 110 cm³/mol. The Bertz CT molecular complexity index is 1090. The minimum Gasteiger partial charge on any atom is -0.479 e. The van der Waals surface area contributed by atoms with E-state index in [1.807, 2.05) is 30.5 Å². The number of aromatic nitrogens is 1. The highest BCUT2D eigenvalue weighted by Crippen LogP contribution is 2.39. The molecule has 134 valence electrons. The Hall–Kier alpha value is -2.90. The summed E-state index contributed by atoms with van der Waals surface area (Å²) in [6, 6.07) is 15.3. The number of H-pyrrole nitrogens is 1. The number of amides is 1. The molecule has 2 heterocycles. The van der Waals surface area contributed by atoms with Gasteiger partial charge in [-0.2, -0.15) is 0 Å². The number of rotatable bonds is 4. The van der Waals surface area contributed by atoms with Crippen molar-refractivity contribution < 1.29 is 14.7 Å². The summed E-state index contributed by atoms with van der Waals surface area (Å²) in [4.78, 5) is 29.6. The zero-order valence-corrected chi connectivity index (χ0v) is 15.6. The highest BCUT2D eigenvalue weighted by Gasteiger charge is 2.41. The first kappa shape index (κ1) is 17.5. The van der Waals surface area contributed by atoms with Crippen molar-refractivity contribution in [1.82, 2.24) is 9.88 Å². The minimum absolute atomic E-state index is 0.238. The van der Waals surface area contributed by atoms with Gasteiger partial charge in [-0.25, -0.2) is 4.79 Å². The number of carbonyl (C=O) groups excluding carboxylic acids is 1. The Morgan fingerprint density at radius 1 is 1.15 bits per heavy atom. The fourth-order valence-electron chi connectivity index (χ4n) is 3.09. The number of thiocarbonyl (C=S) groups is 1. The van der Waals surface area contributed by atoms with E-state index < -0.39 is 17.9 Å². The van der Waals surface area contributed by atoms with Crippen LogP contribution in [0.25, 0.3) is 17.0 Å². The number of carbonyl (C=O) groups is 2.